The van der Waals surface area contributed by atoms with Crippen molar-refractivity contribution in [1.82, 2.24) is 0 Å². The molecule has 1 amide bonds. The maximum absolute atomic E-state index is 13.4. The second-order valence-electron chi connectivity index (χ2n) is 4.63. The number of carbonyl (C=O) groups excluding carboxylic acids is 1. The highest BCUT2D eigenvalue weighted by Gasteiger charge is 2.22. The zero-order valence-corrected chi connectivity index (χ0v) is 9.78. The van der Waals surface area contributed by atoms with Gasteiger partial charge in [0.2, 0.25) is 5.91 Å². The fourth-order valence-electron chi connectivity index (χ4n) is 1.03. The van der Waals surface area contributed by atoms with E-state index < -0.39 is 16.2 Å². The summed E-state index contributed by atoms with van der Waals surface area (Å²) in [5.74, 6) is -1.18. The highest BCUT2D eigenvalue weighted by molar-refractivity contribution is 5.94. The Balaban J connectivity index is 2.95. The van der Waals surface area contributed by atoms with Gasteiger partial charge in [-0.1, -0.05) is 20.8 Å². The molecule has 0 atom stereocenters. The molecule has 0 aromatic heterocycles. The summed E-state index contributed by atoms with van der Waals surface area (Å²) < 4.78 is 13.4. The van der Waals surface area contributed by atoms with E-state index in [0.717, 1.165) is 12.1 Å². The minimum atomic E-state index is -0.822. The Morgan fingerprint density at radius 3 is 2.41 bits per heavy atom. The molecular weight excluding hydrogens is 227 g/mol. The minimum absolute atomic E-state index is 0.0597. The summed E-state index contributed by atoms with van der Waals surface area (Å²) in [6, 6.07) is 3.09. The molecule has 0 saturated heterocycles. The van der Waals surface area contributed by atoms with Crippen LogP contribution in [0.1, 0.15) is 20.8 Å². The molecule has 1 N–H and O–H groups in total. The van der Waals surface area contributed by atoms with Crippen molar-refractivity contribution < 1.29 is 14.1 Å². The Labute approximate surface area is 97.8 Å². The van der Waals surface area contributed by atoms with E-state index in [9.17, 15) is 19.3 Å². The quantitative estimate of drug-likeness (QED) is 0.638. The van der Waals surface area contributed by atoms with Crippen LogP contribution in [0.2, 0.25) is 0 Å². The summed E-state index contributed by atoms with van der Waals surface area (Å²) in [4.78, 5) is 21.3. The molecule has 0 aliphatic heterocycles. The molecule has 0 aliphatic rings. The maximum Gasteiger partial charge on any atom is 0.272 e. The lowest BCUT2D eigenvalue weighted by Gasteiger charge is -2.17. The fourth-order valence-corrected chi connectivity index (χ4v) is 1.03. The summed E-state index contributed by atoms with van der Waals surface area (Å²) in [5, 5.41) is 12.8. The first kappa shape index (κ1) is 13.1. The van der Waals surface area contributed by atoms with Gasteiger partial charge in [-0.3, -0.25) is 14.9 Å². The monoisotopic (exact) mass is 240 g/mol. The molecule has 0 unspecified atom stereocenters. The number of hydrogen-bond acceptors (Lipinski definition) is 3. The van der Waals surface area contributed by atoms with Gasteiger partial charge in [0.1, 0.15) is 0 Å². The topological polar surface area (TPSA) is 72.2 Å². The number of nitro groups is 1. The Kier molecular flexibility index (Phi) is 3.45. The van der Waals surface area contributed by atoms with Crippen LogP contribution < -0.4 is 5.32 Å². The molecule has 0 saturated carbocycles. The number of halogens is 1. The predicted molar refractivity (Wildman–Crippen MR) is 61.1 cm³/mol. The number of nitro benzene ring substituents is 1. The van der Waals surface area contributed by atoms with Gasteiger partial charge >= 0.3 is 0 Å². The average molecular weight is 240 g/mol. The molecular formula is C11H13FN2O3. The fraction of sp³-hybridized carbons (Fsp3) is 0.364. The van der Waals surface area contributed by atoms with Crippen molar-refractivity contribution in [2.24, 2.45) is 5.41 Å². The minimum Gasteiger partial charge on any atom is -0.323 e. The molecule has 6 heteroatoms. The Morgan fingerprint density at radius 2 is 2.00 bits per heavy atom. The van der Waals surface area contributed by atoms with Crippen LogP contribution in [0, 0.1) is 21.3 Å². The van der Waals surface area contributed by atoms with Crippen LogP contribution in [-0.2, 0) is 4.79 Å². The van der Waals surface area contributed by atoms with Crippen molar-refractivity contribution in [3.8, 4) is 0 Å². The van der Waals surface area contributed by atoms with E-state index in [4.69, 9.17) is 0 Å². The van der Waals surface area contributed by atoms with Crippen molar-refractivity contribution in [2.45, 2.75) is 20.8 Å². The van der Waals surface area contributed by atoms with E-state index in [-0.39, 0.29) is 17.3 Å². The van der Waals surface area contributed by atoms with E-state index in [1.165, 1.54) is 6.07 Å². The van der Waals surface area contributed by atoms with Gasteiger partial charge in [0.05, 0.1) is 16.7 Å². The molecule has 0 aliphatic carbocycles. The third-order valence-electron chi connectivity index (χ3n) is 2.09. The smallest absolute Gasteiger partial charge is 0.272 e. The third-order valence-corrected chi connectivity index (χ3v) is 2.09. The van der Waals surface area contributed by atoms with Crippen molar-refractivity contribution in [3.63, 3.8) is 0 Å². The van der Waals surface area contributed by atoms with E-state index in [0.29, 0.717) is 0 Å². The summed E-state index contributed by atoms with van der Waals surface area (Å²) >= 11 is 0. The number of nitrogens with zero attached hydrogens (tertiary/aromatic N) is 1. The Hall–Kier alpha value is -1.98. The molecule has 0 bridgehead atoms. The molecule has 92 valence electrons. The van der Waals surface area contributed by atoms with E-state index >= 15 is 0 Å². The Morgan fingerprint density at radius 1 is 1.41 bits per heavy atom. The third kappa shape index (κ3) is 3.24. The van der Waals surface area contributed by atoms with Gasteiger partial charge in [-0.05, 0) is 6.07 Å². The van der Waals surface area contributed by atoms with Gasteiger partial charge in [0.25, 0.3) is 5.69 Å². The molecule has 1 aromatic rings. The molecule has 1 rings (SSSR count). The standard InChI is InChI=1S/C11H13FN2O3/c1-11(2,3)10(15)13-9-5-4-7(14(16)17)6-8(9)12/h4-6H,1-3H3,(H,13,15). The van der Waals surface area contributed by atoms with Crippen LogP contribution in [0.4, 0.5) is 15.8 Å². The predicted octanol–water partition coefficient (Wildman–Crippen LogP) is 2.72. The van der Waals surface area contributed by atoms with Crippen molar-refractivity contribution in [2.75, 3.05) is 5.32 Å². The summed E-state index contributed by atoms with van der Waals surface area (Å²) in [6.45, 7) is 5.06. The number of anilines is 1. The summed E-state index contributed by atoms with van der Waals surface area (Å²) in [5.41, 5.74) is -1.07. The highest BCUT2D eigenvalue weighted by atomic mass is 19.1. The lowest BCUT2D eigenvalue weighted by Crippen LogP contribution is -2.28. The number of benzene rings is 1. The van der Waals surface area contributed by atoms with Crippen LogP contribution in [0.15, 0.2) is 18.2 Å². The van der Waals surface area contributed by atoms with Crippen molar-refractivity contribution >= 4 is 17.3 Å². The largest absolute Gasteiger partial charge is 0.323 e. The molecule has 5 nitrogen and oxygen atoms in total. The zero-order chi connectivity index (χ0) is 13.2. The van der Waals surface area contributed by atoms with Crippen LogP contribution in [-0.4, -0.2) is 10.8 Å². The van der Waals surface area contributed by atoms with Crippen molar-refractivity contribution in [3.05, 3.63) is 34.1 Å². The SMILES string of the molecule is CC(C)(C)C(=O)Nc1ccc([N+](=O)[O-])cc1F. The number of non-ortho nitro benzene ring substituents is 1. The lowest BCUT2D eigenvalue weighted by atomic mass is 9.95. The molecule has 0 fully saturated rings. The van der Waals surface area contributed by atoms with Gasteiger partial charge in [0, 0.05) is 11.5 Å². The van der Waals surface area contributed by atoms with Crippen molar-refractivity contribution in [1.29, 1.82) is 0 Å². The van der Waals surface area contributed by atoms with E-state index in [1.807, 2.05) is 0 Å². The number of rotatable bonds is 2. The van der Waals surface area contributed by atoms with Crippen LogP contribution in [0.3, 0.4) is 0 Å². The number of hydrogen-bond donors (Lipinski definition) is 1. The van der Waals surface area contributed by atoms with Crippen LogP contribution in [0.25, 0.3) is 0 Å². The number of nitrogens with one attached hydrogen (secondary N) is 1. The zero-order valence-electron chi connectivity index (χ0n) is 9.78. The maximum atomic E-state index is 13.4. The first-order valence-corrected chi connectivity index (χ1v) is 4.97. The van der Waals surface area contributed by atoms with Crippen LogP contribution in [0.5, 0.6) is 0 Å². The van der Waals surface area contributed by atoms with Gasteiger partial charge in [-0.25, -0.2) is 4.39 Å². The molecule has 0 radical (unpaired) electrons. The molecule has 17 heavy (non-hydrogen) atoms. The van der Waals surface area contributed by atoms with E-state index in [1.54, 1.807) is 20.8 Å². The Bertz CT molecular complexity index is 466. The highest BCUT2D eigenvalue weighted by Crippen LogP contribution is 2.23. The first-order valence-electron chi connectivity index (χ1n) is 4.97. The normalized spacial score (nSPS) is 11.1. The van der Waals surface area contributed by atoms with E-state index in [2.05, 4.69) is 5.32 Å². The lowest BCUT2D eigenvalue weighted by molar-refractivity contribution is -0.385. The average Bonchev–Trinajstić information content (AvgIpc) is 2.19. The van der Waals surface area contributed by atoms with Gasteiger partial charge in [-0.15, -0.1) is 0 Å². The van der Waals surface area contributed by atoms with Gasteiger partial charge < -0.3 is 5.32 Å². The summed E-state index contributed by atoms with van der Waals surface area (Å²) in [7, 11) is 0. The first-order chi connectivity index (χ1) is 7.71. The molecule has 0 heterocycles. The molecule has 0 spiro atoms. The molecule has 1 aromatic carbocycles. The van der Waals surface area contributed by atoms with Gasteiger partial charge in [-0.2, -0.15) is 0 Å². The summed E-state index contributed by atoms with van der Waals surface area (Å²) in [6.07, 6.45) is 0. The number of carbonyl (C=O) groups is 1. The van der Waals surface area contributed by atoms with Gasteiger partial charge in [0.15, 0.2) is 5.82 Å². The second kappa shape index (κ2) is 4.48. The van der Waals surface area contributed by atoms with Crippen LogP contribution >= 0.6 is 0 Å². The second-order valence-corrected chi connectivity index (χ2v) is 4.63. The number of amides is 1.